The number of nitrogens with zero attached hydrogens (tertiary/aromatic N) is 6. The van der Waals surface area contributed by atoms with Crippen molar-refractivity contribution in [2.45, 2.75) is 19.5 Å². The molecule has 8 nitrogen and oxygen atoms in total. The molecular formula is C31H33F2N7O. The fraction of sp³-hybridized carbons (Fsp3) is 0.323. The van der Waals surface area contributed by atoms with E-state index in [0.717, 1.165) is 54.9 Å². The molecule has 1 saturated heterocycles. The summed E-state index contributed by atoms with van der Waals surface area (Å²) < 4.78 is 32.5. The third kappa shape index (κ3) is 5.84. The zero-order chi connectivity index (χ0) is 28.5. The Morgan fingerprint density at radius 3 is 2.56 bits per heavy atom. The second-order valence-corrected chi connectivity index (χ2v) is 10.7. The normalized spacial score (nSPS) is 18.4. The minimum atomic E-state index is -1.48. The Labute approximate surface area is 237 Å². The Balaban J connectivity index is 1.32. The van der Waals surface area contributed by atoms with Crippen LogP contribution < -0.4 is 5.32 Å². The number of hydrogen-bond donors (Lipinski definition) is 1. The lowest BCUT2D eigenvalue weighted by Crippen LogP contribution is -2.48. The number of carbonyl (C=O) groups excluding carboxylic acids is 1. The molecule has 3 heterocycles. The highest BCUT2D eigenvalue weighted by Gasteiger charge is 2.23. The van der Waals surface area contributed by atoms with Gasteiger partial charge in [0.15, 0.2) is 0 Å². The van der Waals surface area contributed by atoms with Gasteiger partial charge in [0.05, 0.1) is 23.8 Å². The lowest BCUT2D eigenvalue weighted by atomic mass is 9.94. The molecule has 2 aromatic heterocycles. The highest BCUT2D eigenvalue weighted by Crippen LogP contribution is 2.34. The number of hydrogen-bond acceptors (Lipinski definition) is 5. The van der Waals surface area contributed by atoms with E-state index in [1.165, 1.54) is 12.2 Å². The Hall–Kier alpha value is -4.15. The Bertz CT molecular complexity index is 1650. The van der Waals surface area contributed by atoms with Crippen LogP contribution in [0.2, 0.25) is 0 Å². The van der Waals surface area contributed by atoms with Gasteiger partial charge in [-0.25, -0.2) is 13.8 Å². The van der Waals surface area contributed by atoms with Gasteiger partial charge >= 0.3 is 0 Å². The quantitative estimate of drug-likeness (QED) is 0.347. The summed E-state index contributed by atoms with van der Waals surface area (Å²) in [7, 11) is 1.88. The number of imidazole rings is 1. The smallest absolute Gasteiger partial charge is 0.238 e. The average Bonchev–Trinajstić information content (AvgIpc) is 3.59. The number of nitrogens with one attached hydrogen (secondary N) is 1. The number of fused-ring (bicyclic) bond motifs is 1. The zero-order valence-electron chi connectivity index (χ0n) is 23.2. The molecule has 10 heteroatoms. The molecule has 6 rings (SSSR count). The predicted molar refractivity (Wildman–Crippen MR) is 157 cm³/mol. The van der Waals surface area contributed by atoms with Crippen molar-refractivity contribution in [2.24, 2.45) is 7.05 Å². The van der Waals surface area contributed by atoms with Crippen LogP contribution in [0.3, 0.4) is 0 Å². The summed E-state index contributed by atoms with van der Waals surface area (Å²) in [6.45, 7) is 6.99. The van der Waals surface area contributed by atoms with E-state index in [1.54, 1.807) is 17.1 Å². The number of amides is 1. The summed E-state index contributed by atoms with van der Waals surface area (Å²) in [5.41, 5.74) is 5.87. The number of alkyl halides is 1. The number of piperazine rings is 1. The number of halogens is 2. The third-order valence-electron chi connectivity index (χ3n) is 7.83. The molecule has 2 aliphatic rings. The third-order valence-corrected chi connectivity index (χ3v) is 7.83. The lowest BCUT2D eigenvalue weighted by molar-refractivity contribution is -0.117. The molecule has 212 valence electrons. The van der Waals surface area contributed by atoms with Crippen molar-refractivity contribution in [3.63, 3.8) is 0 Å². The summed E-state index contributed by atoms with van der Waals surface area (Å²) in [4.78, 5) is 22.2. The molecule has 1 N–H and O–H groups in total. The number of carbonyl (C=O) groups is 1. The van der Waals surface area contributed by atoms with Crippen LogP contribution in [-0.2, 0) is 11.8 Å². The van der Waals surface area contributed by atoms with Gasteiger partial charge in [0.25, 0.3) is 0 Å². The van der Waals surface area contributed by atoms with E-state index in [2.05, 4.69) is 32.1 Å². The van der Waals surface area contributed by atoms with Crippen molar-refractivity contribution in [2.75, 3.05) is 44.6 Å². The molecule has 1 aliphatic carbocycles. The minimum absolute atomic E-state index is 0.130. The highest BCUT2D eigenvalue weighted by molar-refractivity contribution is 5.93. The molecule has 2 aromatic carbocycles. The fourth-order valence-electron chi connectivity index (χ4n) is 5.54. The minimum Gasteiger partial charge on any atom is -0.325 e. The average molecular weight is 558 g/mol. The van der Waals surface area contributed by atoms with E-state index < -0.39 is 12.0 Å². The first kappa shape index (κ1) is 27.0. The van der Waals surface area contributed by atoms with Gasteiger partial charge in [-0.15, -0.1) is 0 Å². The topological polar surface area (TPSA) is 71.2 Å². The Kier molecular flexibility index (Phi) is 7.51. The second kappa shape index (κ2) is 11.4. The summed E-state index contributed by atoms with van der Waals surface area (Å²) in [5.74, 6) is -0.617. The van der Waals surface area contributed by atoms with E-state index in [9.17, 15) is 9.18 Å². The van der Waals surface area contributed by atoms with Crippen LogP contribution >= 0.6 is 0 Å². The molecule has 1 unspecified atom stereocenters. The maximum Gasteiger partial charge on any atom is 0.238 e. The van der Waals surface area contributed by atoms with Crippen LogP contribution in [0.4, 0.5) is 14.5 Å². The van der Waals surface area contributed by atoms with Gasteiger partial charge in [-0.2, -0.15) is 5.10 Å². The van der Waals surface area contributed by atoms with E-state index >= 15 is 4.39 Å². The molecule has 1 amide bonds. The molecule has 4 aromatic rings. The van der Waals surface area contributed by atoms with Gasteiger partial charge in [-0.05, 0) is 59.7 Å². The number of anilines is 1. The van der Waals surface area contributed by atoms with E-state index in [0.29, 0.717) is 22.5 Å². The SMILES string of the molecule is CCN1CCN(CC(=O)Nc2cc(C3=CC=C(F)CC3F)cc(-n3cnc4cc(-c5cnn(C)c5)ccc43)c2)CC1. The Morgan fingerprint density at radius 1 is 1.02 bits per heavy atom. The van der Waals surface area contributed by atoms with Crippen LogP contribution in [0, 0.1) is 0 Å². The predicted octanol–water partition coefficient (Wildman–Crippen LogP) is 4.98. The summed E-state index contributed by atoms with van der Waals surface area (Å²) >= 11 is 0. The molecule has 41 heavy (non-hydrogen) atoms. The molecule has 0 saturated carbocycles. The molecule has 0 spiro atoms. The fourth-order valence-corrected chi connectivity index (χ4v) is 5.54. The highest BCUT2D eigenvalue weighted by atomic mass is 19.1. The number of benzene rings is 2. The standard InChI is InChI=1S/C31H33F2N7O/c1-3-38-8-10-39(11-9-38)19-31(41)36-25-12-22(27-6-5-24(32)15-28(27)33)13-26(16-25)40-20-34-29-14-21(4-7-30(29)40)23-17-35-37(2)18-23/h4-7,12-14,16-18,20,28H,3,8-11,15,19H2,1-2H3,(H,36,41). The van der Waals surface area contributed by atoms with Gasteiger partial charge in [-0.1, -0.05) is 19.1 Å². The molecule has 1 aliphatic heterocycles. The summed E-state index contributed by atoms with van der Waals surface area (Å²) in [6, 6.07) is 11.5. The van der Waals surface area contributed by atoms with Crippen LogP contribution in [0.5, 0.6) is 0 Å². The molecule has 1 fully saturated rings. The van der Waals surface area contributed by atoms with Gasteiger partial charge in [0.1, 0.15) is 18.3 Å². The van der Waals surface area contributed by atoms with Crippen molar-refractivity contribution in [1.82, 2.24) is 29.1 Å². The molecular weight excluding hydrogens is 524 g/mol. The second-order valence-electron chi connectivity index (χ2n) is 10.7. The van der Waals surface area contributed by atoms with Gasteiger partial charge < -0.3 is 10.2 Å². The molecule has 0 bridgehead atoms. The number of rotatable bonds is 7. The molecule has 0 radical (unpaired) electrons. The summed E-state index contributed by atoms with van der Waals surface area (Å²) in [6.07, 6.45) is 6.48. The monoisotopic (exact) mass is 557 g/mol. The Morgan fingerprint density at radius 2 is 1.83 bits per heavy atom. The van der Waals surface area contributed by atoms with Crippen molar-refractivity contribution < 1.29 is 13.6 Å². The first-order valence-electron chi connectivity index (χ1n) is 13.9. The van der Waals surface area contributed by atoms with Gasteiger partial charge in [0.2, 0.25) is 5.91 Å². The van der Waals surface area contributed by atoms with Crippen molar-refractivity contribution >= 4 is 28.2 Å². The molecule has 1 atom stereocenters. The van der Waals surface area contributed by atoms with E-state index in [4.69, 9.17) is 0 Å². The van der Waals surface area contributed by atoms with Crippen LogP contribution in [0.1, 0.15) is 18.9 Å². The van der Waals surface area contributed by atoms with Crippen LogP contribution in [0.25, 0.3) is 33.4 Å². The van der Waals surface area contributed by atoms with E-state index in [-0.39, 0.29) is 18.9 Å². The van der Waals surface area contributed by atoms with Gasteiger partial charge in [-0.3, -0.25) is 18.9 Å². The first-order chi connectivity index (χ1) is 19.9. The van der Waals surface area contributed by atoms with Gasteiger partial charge in [0, 0.05) is 62.8 Å². The maximum absolute atomic E-state index is 15.0. The summed E-state index contributed by atoms with van der Waals surface area (Å²) in [5, 5.41) is 7.28. The number of aromatic nitrogens is 4. The van der Waals surface area contributed by atoms with Crippen molar-refractivity contribution in [3.05, 3.63) is 78.7 Å². The van der Waals surface area contributed by atoms with Crippen LogP contribution in [-0.4, -0.2) is 80.5 Å². The van der Waals surface area contributed by atoms with E-state index in [1.807, 2.05) is 54.3 Å². The number of aryl methyl sites for hydroxylation is 1. The first-order valence-corrected chi connectivity index (χ1v) is 13.9. The maximum atomic E-state index is 15.0. The number of likely N-dealkylation sites (N-methyl/N-ethyl adjacent to an activating group) is 1. The van der Waals surface area contributed by atoms with Crippen LogP contribution in [0.15, 0.2) is 73.1 Å². The zero-order valence-corrected chi connectivity index (χ0v) is 23.2. The van der Waals surface area contributed by atoms with Crippen molar-refractivity contribution in [1.29, 1.82) is 0 Å². The number of allylic oxidation sites excluding steroid dienone is 4. The largest absolute Gasteiger partial charge is 0.325 e. The lowest BCUT2D eigenvalue weighted by Gasteiger charge is -2.33. The van der Waals surface area contributed by atoms with Crippen molar-refractivity contribution in [3.8, 4) is 16.8 Å².